The molecule has 21 heavy (non-hydrogen) atoms. The first-order valence-electron chi connectivity index (χ1n) is 6.04. The fraction of sp³-hybridized carbons (Fsp3) is 0.0667. The molecule has 1 amide bonds. The van der Waals surface area contributed by atoms with Crippen molar-refractivity contribution in [3.05, 3.63) is 63.1 Å². The van der Waals surface area contributed by atoms with Gasteiger partial charge in [0.2, 0.25) is 5.91 Å². The second-order valence-corrected chi connectivity index (χ2v) is 5.55. The molecule has 0 bridgehead atoms. The van der Waals surface area contributed by atoms with Crippen molar-refractivity contribution in [2.24, 2.45) is 0 Å². The third-order valence-electron chi connectivity index (χ3n) is 2.82. The molecule has 0 spiro atoms. The summed E-state index contributed by atoms with van der Waals surface area (Å²) in [5, 5.41) is 12.3. The van der Waals surface area contributed by atoms with Crippen molar-refractivity contribution in [3.8, 4) is 0 Å². The van der Waals surface area contributed by atoms with Crippen LogP contribution in [0.25, 0.3) is 0 Å². The number of halogens is 2. The van der Waals surface area contributed by atoms with Crippen LogP contribution in [0.15, 0.2) is 46.9 Å². The van der Waals surface area contributed by atoms with E-state index in [1.807, 2.05) is 0 Å². The zero-order chi connectivity index (χ0) is 15.4. The van der Waals surface area contributed by atoms with Gasteiger partial charge in [-0.25, -0.2) is 4.79 Å². The average Bonchev–Trinajstić information content (AvgIpc) is 2.43. The van der Waals surface area contributed by atoms with Gasteiger partial charge in [-0.15, -0.1) is 0 Å². The summed E-state index contributed by atoms with van der Waals surface area (Å²) in [6, 6.07) is 11.7. The number of nitrogens with one attached hydrogen (secondary N) is 1. The van der Waals surface area contributed by atoms with Crippen LogP contribution in [0.5, 0.6) is 0 Å². The minimum absolute atomic E-state index is 0.0249. The highest BCUT2D eigenvalue weighted by molar-refractivity contribution is 9.10. The van der Waals surface area contributed by atoms with Crippen LogP contribution in [0.2, 0.25) is 5.02 Å². The molecule has 2 aromatic rings. The van der Waals surface area contributed by atoms with Crippen LogP contribution in [0, 0.1) is 0 Å². The maximum Gasteiger partial charge on any atom is 0.337 e. The Kier molecular flexibility index (Phi) is 4.98. The fourth-order valence-corrected chi connectivity index (χ4v) is 2.50. The molecule has 0 aliphatic carbocycles. The molecular formula is C15H11BrClNO3. The first-order chi connectivity index (χ1) is 9.99. The number of amides is 1. The predicted octanol–water partition coefficient (Wildman–Crippen LogP) is 3.98. The molecule has 2 rings (SSSR count). The van der Waals surface area contributed by atoms with Gasteiger partial charge in [-0.1, -0.05) is 35.9 Å². The Hall–Kier alpha value is -1.85. The smallest absolute Gasteiger partial charge is 0.337 e. The number of rotatable bonds is 4. The zero-order valence-electron chi connectivity index (χ0n) is 10.8. The first kappa shape index (κ1) is 15.5. The number of benzene rings is 2. The summed E-state index contributed by atoms with van der Waals surface area (Å²) in [7, 11) is 0. The van der Waals surface area contributed by atoms with E-state index in [0.717, 1.165) is 0 Å². The molecule has 6 heteroatoms. The number of para-hydroxylation sites is 1. The number of carbonyl (C=O) groups excluding carboxylic acids is 1. The molecule has 2 aromatic carbocycles. The van der Waals surface area contributed by atoms with E-state index in [4.69, 9.17) is 16.7 Å². The van der Waals surface area contributed by atoms with Crippen LogP contribution < -0.4 is 5.32 Å². The molecule has 0 fully saturated rings. The summed E-state index contributed by atoms with van der Waals surface area (Å²) in [5.41, 5.74) is 0.944. The van der Waals surface area contributed by atoms with Gasteiger partial charge in [-0.05, 0) is 39.7 Å². The largest absolute Gasteiger partial charge is 0.478 e. The van der Waals surface area contributed by atoms with Gasteiger partial charge >= 0.3 is 5.97 Å². The fourth-order valence-electron chi connectivity index (χ4n) is 1.83. The monoisotopic (exact) mass is 367 g/mol. The second-order valence-electron chi connectivity index (χ2n) is 4.28. The number of aromatic carboxylic acids is 1. The minimum Gasteiger partial charge on any atom is -0.478 e. The van der Waals surface area contributed by atoms with Crippen LogP contribution in [0.3, 0.4) is 0 Å². The quantitative estimate of drug-likeness (QED) is 0.858. The normalized spacial score (nSPS) is 10.2. The molecule has 0 aliphatic heterocycles. The average molecular weight is 369 g/mol. The molecule has 0 aliphatic rings. The Bertz CT molecular complexity index is 703. The Morgan fingerprint density at radius 3 is 2.52 bits per heavy atom. The summed E-state index contributed by atoms with van der Waals surface area (Å²) >= 11 is 9.24. The molecular weight excluding hydrogens is 358 g/mol. The number of anilines is 1. The topological polar surface area (TPSA) is 66.4 Å². The van der Waals surface area contributed by atoms with Gasteiger partial charge in [0.05, 0.1) is 17.7 Å². The van der Waals surface area contributed by atoms with Crippen molar-refractivity contribution < 1.29 is 14.7 Å². The van der Waals surface area contributed by atoms with E-state index >= 15 is 0 Å². The lowest BCUT2D eigenvalue weighted by Crippen LogP contribution is -2.17. The SMILES string of the molecule is O=C(Cc1ccccc1Cl)Nc1c(Br)cccc1C(=O)O. The number of carboxylic acids is 1. The van der Waals surface area contributed by atoms with Gasteiger partial charge in [-0.2, -0.15) is 0 Å². The first-order valence-corrected chi connectivity index (χ1v) is 7.21. The van der Waals surface area contributed by atoms with Crippen molar-refractivity contribution >= 4 is 45.1 Å². The van der Waals surface area contributed by atoms with E-state index in [2.05, 4.69) is 21.2 Å². The summed E-state index contributed by atoms with van der Waals surface area (Å²) < 4.78 is 0.509. The Morgan fingerprint density at radius 2 is 1.86 bits per heavy atom. The van der Waals surface area contributed by atoms with Gasteiger partial charge in [0, 0.05) is 9.50 Å². The number of hydrogen-bond donors (Lipinski definition) is 2. The van der Waals surface area contributed by atoms with E-state index in [1.54, 1.807) is 36.4 Å². The summed E-state index contributed by atoms with van der Waals surface area (Å²) in [6.07, 6.45) is 0.0695. The number of hydrogen-bond acceptors (Lipinski definition) is 2. The maximum absolute atomic E-state index is 12.1. The highest BCUT2D eigenvalue weighted by Gasteiger charge is 2.16. The zero-order valence-corrected chi connectivity index (χ0v) is 13.1. The summed E-state index contributed by atoms with van der Waals surface area (Å²) in [6.45, 7) is 0. The minimum atomic E-state index is -1.11. The van der Waals surface area contributed by atoms with Crippen molar-refractivity contribution in [1.29, 1.82) is 0 Å². The highest BCUT2D eigenvalue weighted by atomic mass is 79.9. The molecule has 0 unspecified atom stereocenters. The van der Waals surface area contributed by atoms with Gasteiger partial charge in [0.25, 0.3) is 0 Å². The molecule has 108 valence electrons. The van der Waals surface area contributed by atoms with Gasteiger partial charge in [0.1, 0.15) is 0 Å². The molecule has 0 atom stereocenters. The third-order valence-corrected chi connectivity index (χ3v) is 3.85. The molecule has 0 aromatic heterocycles. The Morgan fingerprint density at radius 1 is 1.14 bits per heavy atom. The van der Waals surface area contributed by atoms with Gasteiger partial charge < -0.3 is 10.4 Å². The van der Waals surface area contributed by atoms with E-state index in [0.29, 0.717) is 15.1 Å². The van der Waals surface area contributed by atoms with E-state index < -0.39 is 5.97 Å². The van der Waals surface area contributed by atoms with Crippen molar-refractivity contribution in [1.82, 2.24) is 0 Å². The highest BCUT2D eigenvalue weighted by Crippen LogP contribution is 2.27. The number of carboxylic acid groups (broad SMARTS) is 1. The van der Waals surface area contributed by atoms with Gasteiger partial charge in [-0.3, -0.25) is 4.79 Å². The van der Waals surface area contributed by atoms with Crippen LogP contribution in [0.4, 0.5) is 5.69 Å². The predicted molar refractivity (Wildman–Crippen MR) is 84.9 cm³/mol. The van der Waals surface area contributed by atoms with Crippen LogP contribution in [-0.2, 0) is 11.2 Å². The van der Waals surface area contributed by atoms with E-state index in [-0.39, 0.29) is 23.6 Å². The number of carbonyl (C=O) groups is 2. The molecule has 2 N–H and O–H groups in total. The molecule has 0 heterocycles. The molecule has 0 saturated heterocycles. The lowest BCUT2D eigenvalue weighted by atomic mass is 10.1. The second kappa shape index (κ2) is 6.74. The van der Waals surface area contributed by atoms with Crippen LogP contribution in [-0.4, -0.2) is 17.0 Å². The van der Waals surface area contributed by atoms with Crippen LogP contribution in [0.1, 0.15) is 15.9 Å². The van der Waals surface area contributed by atoms with Gasteiger partial charge in [0.15, 0.2) is 0 Å². The summed E-state index contributed by atoms with van der Waals surface area (Å²) in [4.78, 5) is 23.3. The van der Waals surface area contributed by atoms with E-state index in [1.165, 1.54) is 6.07 Å². The van der Waals surface area contributed by atoms with Crippen molar-refractivity contribution in [2.75, 3.05) is 5.32 Å². The maximum atomic E-state index is 12.1. The van der Waals surface area contributed by atoms with E-state index in [9.17, 15) is 9.59 Å². The third kappa shape index (κ3) is 3.83. The lowest BCUT2D eigenvalue weighted by Gasteiger charge is -2.11. The Balaban J connectivity index is 2.21. The molecule has 0 radical (unpaired) electrons. The summed E-state index contributed by atoms with van der Waals surface area (Å²) in [5.74, 6) is -1.44. The molecule has 0 saturated carbocycles. The Labute approximate surface area is 134 Å². The standard InChI is InChI=1S/C15H11BrClNO3/c16-11-6-3-5-10(15(20)21)14(11)18-13(19)8-9-4-1-2-7-12(9)17/h1-7H,8H2,(H,18,19)(H,20,21). The van der Waals surface area contributed by atoms with Crippen molar-refractivity contribution in [3.63, 3.8) is 0 Å². The molecule has 4 nitrogen and oxygen atoms in total. The van der Waals surface area contributed by atoms with Crippen LogP contribution >= 0.6 is 27.5 Å². The van der Waals surface area contributed by atoms with Crippen molar-refractivity contribution in [2.45, 2.75) is 6.42 Å². The lowest BCUT2D eigenvalue weighted by molar-refractivity contribution is -0.115.